The maximum atomic E-state index is 12.0. The second-order valence-corrected chi connectivity index (χ2v) is 7.12. The SMILES string of the molecule is CCOC(=O)CCS(=O)(=O)NC1(C(=O)O)CCCCCC1. The number of rotatable bonds is 7. The number of carbonyl (C=O) groups excluding carboxylic acids is 1. The van der Waals surface area contributed by atoms with Gasteiger partial charge in [0.1, 0.15) is 5.54 Å². The van der Waals surface area contributed by atoms with E-state index >= 15 is 0 Å². The zero-order chi connectivity index (χ0) is 15.9. The van der Waals surface area contributed by atoms with E-state index < -0.39 is 33.3 Å². The quantitative estimate of drug-likeness (QED) is 0.535. The highest BCUT2D eigenvalue weighted by Gasteiger charge is 2.41. The Kier molecular flexibility index (Phi) is 6.60. The molecule has 7 nitrogen and oxygen atoms in total. The van der Waals surface area contributed by atoms with Crippen LogP contribution in [0.15, 0.2) is 0 Å². The van der Waals surface area contributed by atoms with Crippen molar-refractivity contribution < 1.29 is 27.9 Å². The third-order valence-electron chi connectivity index (χ3n) is 3.60. The molecular weight excluding hydrogens is 298 g/mol. The fourth-order valence-corrected chi connectivity index (χ4v) is 3.92. The Bertz CT molecular complexity index is 465. The molecule has 0 aromatic heterocycles. The predicted octanol–water partition coefficient (Wildman–Crippen LogP) is 1.04. The number of aliphatic carboxylic acids is 1. The summed E-state index contributed by atoms with van der Waals surface area (Å²) in [4.78, 5) is 22.7. The molecule has 0 bridgehead atoms. The first kappa shape index (κ1) is 17.9. The summed E-state index contributed by atoms with van der Waals surface area (Å²) in [5, 5.41) is 9.42. The van der Waals surface area contributed by atoms with E-state index in [2.05, 4.69) is 9.46 Å². The first-order valence-corrected chi connectivity index (χ1v) is 8.87. The Hall–Kier alpha value is -1.15. The Labute approximate surface area is 125 Å². The molecule has 1 rings (SSSR count). The molecule has 2 N–H and O–H groups in total. The average Bonchev–Trinajstić information content (AvgIpc) is 2.63. The summed E-state index contributed by atoms with van der Waals surface area (Å²) in [6.07, 6.45) is 3.43. The van der Waals surface area contributed by atoms with Crippen LogP contribution in [0.4, 0.5) is 0 Å². The number of carboxylic acids is 1. The van der Waals surface area contributed by atoms with E-state index in [0.29, 0.717) is 12.8 Å². The molecule has 8 heteroatoms. The van der Waals surface area contributed by atoms with Gasteiger partial charge in [0.2, 0.25) is 10.0 Å². The first-order chi connectivity index (χ1) is 9.81. The molecule has 0 aromatic carbocycles. The fraction of sp³-hybridized carbons (Fsp3) is 0.846. The molecular formula is C13H23NO6S. The normalized spacial score (nSPS) is 18.7. The van der Waals surface area contributed by atoms with Gasteiger partial charge in [-0.15, -0.1) is 0 Å². The lowest BCUT2D eigenvalue weighted by Gasteiger charge is -2.28. The first-order valence-electron chi connectivity index (χ1n) is 7.22. The van der Waals surface area contributed by atoms with Gasteiger partial charge in [-0.1, -0.05) is 25.7 Å². The Balaban J connectivity index is 2.73. The molecule has 21 heavy (non-hydrogen) atoms. The average molecular weight is 321 g/mol. The number of carboxylic acid groups (broad SMARTS) is 1. The minimum absolute atomic E-state index is 0.186. The van der Waals surface area contributed by atoms with Gasteiger partial charge in [-0.3, -0.25) is 9.59 Å². The van der Waals surface area contributed by atoms with Crippen LogP contribution >= 0.6 is 0 Å². The van der Waals surface area contributed by atoms with Crippen LogP contribution in [-0.2, 0) is 24.3 Å². The Morgan fingerprint density at radius 2 is 1.76 bits per heavy atom. The van der Waals surface area contributed by atoms with E-state index in [1.54, 1.807) is 6.92 Å². The van der Waals surface area contributed by atoms with Crippen molar-refractivity contribution in [2.45, 2.75) is 57.4 Å². The van der Waals surface area contributed by atoms with E-state index in [-0.39, 0.29) is 25.9 Å². The van der Waals surface area contributed by atoms with Crippen LogP contribution in [0.1, 0.15) is 51.9 Å². The highest BCUT2D eigenvalue weighted by molar-refractivity contribution is 7.89. The van der Waals surface area contributed by atoms with Crippen LogP contribution in [0, 0.1) is 0 Å². The van der Waals surface area contributed by atoms with Gasteiger partial charge in [0.25, 0.3) is 0 Å². The minimum atomic E-state index is -3.85. The summed E-state index contributed by atoms with van der Waals surface area (Å²) in [5.41, 5.74) is -1.44. The van der Waals surface area contributed by atoms with Crippen LogP contribution in [0.25, 0.3) is 0 Å². The van der Waals surface area contributed by atoms with Crippen molar-refractivity contribution in [3.8, 4) is 0 Å². The topological polar surface area (TPSA) is 110 Å². The summed E-state index contributed by atoms with van der Waals surface area (Å²) in [6.45, 7) is 1.82. The van der Waals surface area contributed by atoms with Crippen molar-refractivity contribution in [2.24, 2.45) is 0 Å². The summed E-state index contributed by atoms with van der Waals surface area (Å²) in [6, 6.07) is 0. The van der Waals surface area contributed by atoms with Crippen molar-refractivity contribution >= 4 is 22.0 Å². The van der Waals surface area contributed by atoms with Gasteiger partial charge in [-0.2, -0.15) is 4.72 Å². The van der Waals surface area contributed by atoms with Gasteiger partial charge in [0.15, 0.2) is 0 Å². The molecule has 1 aliphatic rings. The number of hydrogen-bond acceptors (Lipinski definition) is 5. The standard InChI is InChI=1S/C13H23NO6S/c1-2-20-11(15)7-10-21(18,19)14-13(12(16)17)8-5-3-4-6-9-13/h14H,2-10H2,1H3,(H,16,17). The maximum Gasteiger partial charge on any atom is 0.324 e. The lowest BCUT2D eigenvalue weighted by atomic mass is 9.92. The second kappa shape index (κ2) is 7.74. The number of carbonyl (C=O) groups is 2. The van der Waals surface area contributed by atoms with Crippen LogP contribution in [0.5, 0.6) is 0 Å². The molecule has 0 aliphatic heterocycles. The van der Waals surface area contributed by atoms with Crippen molar-refractivity contribution in [1.82, 2.24) is 4.72 Å². The molecule has 0 heterocycles. The minimum Gasteiger partial charge on any atom is -0.480 e. The zero-order valence-electron chi connectivity index (χ0n) is 12.3. The molecule has 0 radical (unpaired) electrons. The summed E-state index contributed by atoms with van der Waals surface area (Å²) < 4.78 is 31.1. The van der Waals surface area contributed by atoms with Crippen LogP contribution in [-0.4, -0.2) is 43.4 Å². The molecule has 1 saturated carbocycles. The van der Waals surface area contributed by atoms with Crippen LogP contribution < -0.4 is 4.72 Å². The van der Waals surface area contributed by atoms with E-state index in [1.807, 2.05) is 0 Å². The number of esters is 1. The molecule has 0 aromatic rings. The van der Waals surface area contributed by atoms with Crippen molar-refractivity contribution in [3.63, 3.8) is 0 Å². The number of sulfonamides is 1. The highest BCUT2D eigenvalue weighted by atomic mass is 32.2. The lowest BCUT2D eigenvalue weighted by molar-refractivity contribution is -0.144. The smallest absolute Gasteiger partial charge is 0.324 e. The van der Waals surface area contributed by atoms with Gasteiger partial charge >= 0.3 is 11.9 Å². The molecule has 0 amide bonds. The van der Waals surface area contributed by atoms with Gasteiger partial charge < -0.3 is 9.84 Å². The molecule has 0 unspecified atom stereocenters. The summed E-state index contributed by atoms with van der Waals surface area (Å²) in [5.74, 6) is -2.21. The van der Waals surface area contributed by atoms with Gasteiger partial charge in [-0.25, -0.2) is 8.42 Å². The molecule has 0 spiro atoms. The van der Waals surface area contributed by atoms with E-state index in [4.69, 9.17) is 0 Å². The van der Waals surface area contributed by atoms with Crippen molar-refractivity contribution in [3.05, 3.63) is 0 Å². The number of nitrogens with one attached hydrogen (secondary N) is 1. The van der Waals surface area contributed by atoms with Gasteiger partial charge in [0, 0.05) is 0 Å². The highest BCUT2D eigenvalue weighted by Crippen LogP contribution is 2.28. The fourth-order valence-electron chi connectivity index (χ4n) is 2.49. The predicted molar refractivity (Wildman–Crippen MR) is 76.2 cm³/mol. The largest absolute Gasteiger partial charge is 0.480 e. The second-order valence-electron chi connectivity index (χ2n) is 5.28. The van der Waals surface area contributed by atoms with Crippen molar-refractivity contribution in [1.29, 1.82) is 0 Å². The van der Waals surface area contributed by atoms with E-state index in [9.17, 15) is 23.1 Å². The number of hydrogen-bond donors (Lipinski definition) is 2. The Morgan fingerprint density at radius 3 is 2.24 bits per heavy atom. The third kappa shape index (κ3) is 5.62. The summed E-state index contributed by atoms with van der Waals surface area (Å²) in [7, 11) is -3.85. The van der Waals surface area contributed by atoms with Crippen LogP contribution in [0.3, 0.4) is 0 Å². The molecule has 1 aliphatic carbocycles. The van der Waals surface area contributed by atoms with Crippen LogP contribution in [0.2, 0.25) is 0 Å². The van der Waals surface area contributed by atoms with Gasteiger partial charge in [0.05, 0.1) is 18.8 Å². The van der Waals surface area contributed by atoms with E-state index in [1.165, 1.54) is 0 Å². The monoisotopic (exact) mass is 321 g/mol. The van der Waals surface area contributed by atoms with Crippen molar-refractivity contribution in [2.75, 3.05) is 12.4 Å². The Morgan fingerprint density at radius 1 is 1.19 bits per heavy atom. The third-order valence-corrected chi connectivity index (χ3v) is 5.04. The number of ether oxygens (including phenoxy) is 1. The summed E-state index contributed by atoms with van der Waals surface area (Å²) >= 11 is 0. The molecule has 0 atom stereocenters. The maximum absolute atomic E-state index is 12.0. The zero-order valence-corrected chi connectivity index (χ0v) is 13.1. The van der Waals surface area contributed by atoms with E-state index in [0.717, 1.165) is 12.8 Å². The van der Waals surface area contributed by atoms with Gasteiger partial charge in [-0.05, 0) is 19.8 Å². The molecule has 122 valence electrons. The molecule has 1 fully saturated rings. The lowest BCUT2D eigenvalue weighted by Crippen LogP contribution is -2.54. The molecule has 0 saturated heterocycles.